The first-order chi connectivity index (χ1) is 11.9. The maximum Gasteiger partial charge on any atom is 0.253 e. The van der Waals surface area contributed by atoms with Crippen LogP contribution in [-0.4, -0.2) is 44.5 Å². The Hall–Kier alpha value is -2.73. The number of hydrogen-bond donors (Lipinski definition) is 2. The molecule has 0 radical (unpaired) electrons. The van der Waals surface area contributed by atoms with Gasteiger partial charge in [0.15, 0.2) is 0 Å². The SMILES string of the molecule is COc1ccc(NCC(=O)Nc2ccc(C(=O)N(C)C)cc2)cc1Cl. The molecule has 0 spiro atoms. The predicted octanol–water partition coefficient (Wildman–Crippen LogP) is 3.10. The van der Waals surface area contributed by atoms with Crippen molar-refractivity contribution in [3.63, 3.8) is 0 Å². The number of halogens is 1. The van der Waals surface area contributed by atoms with Crippen LogP contribution in [0.2, 0.25) is 5.02 Å². The van der Waals surface area contributed by atoms with Crippen LogP contribution in [0, 0.1) is 0 Å². The number of nitrogens with zero attached hydrogens (tertiary/aromatic N) is 1. The van der Waals surface area contributed by atoms with E-state index in [4.69, 9.17) is 16.3 Å². The number of rotatable bonds is 6. The Labute approximate surface area is 151 Å². The third-order valence-electron chi connectivity index (χ3n) is 3.43. The molecular formula is C18H20ClN3O3. The molecule has 0 saturated heterocycles. The van der Waals surface area contributed by atoms with Crippen molar-refractivity contribution in [3.8, 4) is 5.75 Å². The van der Waals surface area contributed by atoms with Gasteiger partial charge in [-0.15, -0.1) is 0 Å². The molecular weight excluding hydrogens is 342 g/mol. The van der Waals surface area contributed by atoms with Crippen molar-refractivity contribution in [1.29, 1.82) is 0 Å². The van der Waals surface area contributed by atoms with Gasteiger partial charge in [0.1, 0.15) is 5.75 Å². The Morgan fingerprint density at radius 3 is 2.28 bits per heavy atom. The molecule has 7 heteroatoms. The fraction of sp³-hybridized carbons (Fsp3) is 0.222. The molecule has 0 atom stereocenters. The van der Waals surface area contributed by atoms with E-state index in [2.05, 4.69) is 10.6 Å². The fourth-order valence-electron chi connectivity index (χ4n) is 2.12. The lowest BCUT2D eigenvalue weighted by Gasteiger charge is -2.11. The van der Waals surface area contributed by atoms with Crippen LogP contribution in [0.15, 0.2) is 42.5 Å². The summed E-state index contributed by atoms with van der Waals surface area (Å²) in [7, 11) is 4.92. The molecule has 0 aliphatic rings. The van der Waals surface area contributed by atoms with Crippen molar-refractivity contribution in [2.45, 2.75) is 0 Å². The quantitative estimate of drug-likeness (QED) is 0.829. The standard InChI is InChI=1S/C18H20ClN3O3/c1-22(2)18(24)12-4-6-13(7-5-12)21-17(23)11-20-14-8-9-16(25-3)15(19)10-14/h4-10,20H,11H2,1-3H3,(H,21,23). The molecule has 2 aromatic rings. The summed E-state index contributed by atoms with van der Waals surface area (Å²) in [5.74, 6) is 0.276. The van der Waals surface area contributed by atoms with E-state index >= 15 is 0 Å². The van der Waals surface area contributed by atoms with Gasteiger partial charge < -0.3 is 20.3 Å². The van der Waals surface area contributed by atoms with Gasteiger partial charge in [-0.05, 0) is 42.5 Å². The zero-order valence-corrected chi connectivity index (χ0v) is 15.1. The molecule has 132 valence electrons. The molecule has 0 fully saturated rings. The summed E-state index contributed by atoms with van der Waals surface area (Å²) in [6.45, 7) is 0.0844. The minimum Gasteiger partial charge on any atom is -0.495 e. The largest absolute Gasteiger partial charge is 0.495 e. The molecule has 2 amide bonds. The first-order valence-electron chi connectivity index (χ1n) is 7.59. The van der Waals surface area contributed by atoms with Crippen LogP contribution in [-0.2, 0) is 4.79 Å². The van der Waals surface area contributed by atoms with Gasteiger partial charge in [0, 0.05) is 31.0 Å². The summed E-state index contributed by atoms with van der Waals surface area (Å²) in [5.41, 5.74) is 1.90. The van der Waals surface area contributed by atoms with Crippen molar-refractivity contribution < 1.29 is 14.3 Å². The summed E-state index contributed by atoms with van der Waals surface area (Å²) in [5, 5.41) is 6.22. The van der Waals surface area contributed by atoms with E-state index in [-0.39, 0.29) is 18.4 Å². The van der Waals surface area contributed by atoms with Crippen LogP contribution < -0.4 is 15.4 Å². The third kappa shape index (κ3) is 5.12. The second-order valence-corrected chi connectivity index (χ2v) is 5.94. The normalized spacial score (nSPS) is 10.1. The number of anilines is 2. The van der Waals surface area contributed by atoms with Gasteiger partial charge >= 0.3 is 0 Å². The summed E-state index contributed by atoms with van der Waals surface area (Å²) < 4.78 is 5.08. The topological polar surface area (TPSA) is 70.7 Å². The number of carbonyl (C=O) groups excluding carboxylic acids is 2. The lowest BCUT2D eigenvalue weighted by Crippen LogP contribution is -2.22. The number of carbonyl (C=O) groups is 2. The van der Waals surface area contributed by atoms with Gasteiger partial charge in [-0.3, -0.25) is 9.59 Å². The maximum atomic E-state index is 12.0. The molecule has 6 nitrogen and oxygen atoms in total. The average molecular weight is 362 g/mol. The average Bonchev–Trinajstić information content (AvgIpc) is 2.60. The highest BCUT2D eigenvalue weighted by atomic mass is 35.5. The minimum absolute atomic E-state index is 0.0844. The summed E-state index contributed by atoms with van der Waals surface area (Å²) >= 11 is 6.04. The van der Waals surface area contributed by atoms with Crippen molar-refractivity contribution in [2.75, 3.05) is 38.4 Å². The Balaban J connectivity index is 1.90. The Morgan fingerprint density at radius 2 is 1.72 bits per heavy atom. The fourth-order valence-corrected chi connectivity index (χ4v) is 2.38. The Kier molecular flexibility index (Phi) is 6.25. The molecule has 0 heterocycles. The van der Waals surface area contributed by atoms with Crippen LogP contribution >= 0.6 is 11.6 Å². The number of benzene rings is 2. The zero-order chi connectivity index (χ0) is 18.4. The van der Waals surface area contributed by atoms with E-state index in [0.717, 1.165) is 0 Å². The molecule has 2 N–H and O–H groups in total. The number of nitrogens with one attached hydrogen (secondary N) is 2. The van der Waals surface area contributed by atoms with E-state index in [9.17, 15) is 9.59 Å². The van der Waals surface area contributed by atoms with Gasteiger partial charge in [-0.1, -0.05) is 11.6 Å². The molecule has 0 bridgehead atoms. The Bertz CT molecular complexity index is 761. The number of hydrogen-bond acceptors (Lipinski definition) is 4. The second-order valence-electron chi connectivity index (χ2n) is 5.53. The van der Waals surface area contributed by atoms with E-state index in [0.29, 0.717) is 27.7 Å². The maximum absolute atomic E-state index is 12.0. The summed E-state index contributed by atoms with van der Waals surface area (Å²) in [4.78, 5) is 25.3. The van der Waals surface area contributed by atoms with Gasteiger partial charge in [-0.25, -0.2) is 0 Å². The monoisotopic (exact) mass is 361 g/mol. The van der Waals surface area contributed by atoms with Crippen molar-refractivity contribution in [2.24, 2.45) is 0 Å². The summed E-state index contributed by atoms with van der Waals surface area (Å²) in [6, 6.07) is 11.9. The van der Waals surface area contributed by atoms with E-state index in [1.54, 1.807) is 63.7 Å². The lowest BCUT2D eigenvalue weighted by atomic mass is 10.2. The highest BCUT2D eigenvalue weighted by Crippen LogP contribution is 2.27. The van der Waals surface area contributed by atoms with Crippen molar-refractivity contribution in [3.05, 3.63) is 53.1 Å². The van der Waals surface area contributed by atoms with Crippen LogP contribution in [0.1, 0.15) is 10.4 Å². The first kappa shape index (κ1) is 18.6. The van der Waals surface area contributed by atoms with Crippen LogP contribution in [0.25, 0.3) is 0 Å². The van der Waals surface area contributed by atoms with Gasteiger partial charge in [-0.2, -0.15) is 0 Å². The third-order valence-corrected chi connectivity index (χ3v) is 3.72. The van der Waals surface area contributed by atoms with Gasteiger partial charge in [0.2, 0.25) is 5.91 Å². The second kappa shape index (κ2) is 8.39. The van der Waals surface area contributed by atoms with Crippen LogP contribution in [0.5, 0.6) is 5.75 Å². The minimum atomic E-state index is -0.210. The molecule has 0 saturated carbocycles. The van der Waals surface area contributed by atoms with Gasteiger partial charge in [0.05, 0.1) is 18.7 Å². The van der Waals surface area contributed by atoms with E-state index in [1.165, 1.54) is 4.90 Å². The number of methoxy groups -OCH3 is 1. The highest BCUT2D eigenvalue weighted by Gasteiger charge is 2.08. The first-order valence-corrected chi connectivity index (χ1v) is 7.97. The van der Waals surface area contributed by atoms with Crippen LogP contribution in [0.3, 0.4) is 0 Å². The van der Waals surface area contributed by atoms with Crippen LogP contribution in [0.4, 0.5) is 11.4 Å². The summed E-state index contributed by atoms with van der Waals surface area (Å²) in [6.07, 6.45) is 0. The molecule has 2 aromatic carbocycles. The van der Waals surface area contributed by atoms with E-state index in [1.807, 2.05) is 0 Å². The van der Waals surface area contributed by atoms with E-state index < -0.39 is 0 Å². The van der Waals surface area contributed by atoms with Gasteiger partial charge in [0.25, 0.3) is 5.91 Å². The Morgan fingerprint density at radius 1 is 1.08 bits per heavy atom. The number of ether oxygens (including phenoxy) is 1. The predicted molar refractivity (Wildman–Crippen MR) is 99.6 cm³/mol. The molecule has 2 rings (SSSR count). The molecule has 0 aliphatic heterocycles. The van der Waals surface area contributed by atoms with Crippen molar-refractivity contribution >= 4 is 34.8 Å². The van der Waals surface area contributed by atoms with Crippen molar-refractivity contribution in [1.82, 2.24) is 4.90 Å². The highest BCUT2D eigenvalue weighted by molar-refractivity contribution is 6.32. The molecule has 0 aliphatic carbocycles. The zero-order valence-electron chi connectivity index (χ0n) is 14.3. The lowest BCUT2D eigenvalue weighted by molar-refractivity contribution is -0.114. The molecule has 0 aromatic heterocycles. The smallest absolute Gasteiger partial charge is 0.253 e. The number of amides is 2. The molecule has 0 unspecified atom stereocenters. The molecule has 25 heavy (non-hydrogen) atoms.